The monoisotopic (exact) mass is 464 g/mol. The zero-order valence-corrected chi connectivity index (χ0v) is 19.7. The molecule has 2 amide bonds. The van der Waals surface area contributed by atoms with Crippen LogP contribution in [-0.2, 0) is 14.3 Å². The molecule has 0 bridgehead atoms. The Bertz CT molecular complexity index is 1020. The van der Waals surface area contributed by atoms with Gasteiger partial charge in [-0.1, -0.05) is 62.4 Å². The smallest absolute Gasteiger partial charge is 0.407 e. The Kier molecular flexibility index (Phi) is 7.20. The van der Waals surface area contributed by atoms with Gasteiger partial charge in [0, 0.05) is 19.0 Å². The molecule has 2 aromatic rings. The fraction of sp³-hybridized carbons (Fsp3) is 0.444. The van der Waals surface area contributed by atoms with Gasteiger partial charge in [-0.2, -0.15) is 0 Å². The number of nitrogens with zero attached hydrogens (tertiary/aromatic N) is 1. The van der Waals surface area contributed by atoms with Crippen molar-refractivity contribution >= 4 is 18.0 Å². The molecule has 2 aliphatic carbocycles. The number of hydrogen-bond donors (Lipinski definition) is 2. The molecule has 0 heterocycles. The van der Waals surface area contributed by atoms with Crippen LogP contribution in [0.15, 0.2) is 48.5 Å². The van der Waals surface area contributed by atoms with Gasteiger partial charge in [-0.15, -0.1) is 0 Å². The molecule has 0 saturated heterocycles. The lowest BCUT2D eigenvalue weighted by molar-refractivity contribution is -0.139. The molecule has 1 atom stereocenters. The largest absolute Gasteiger partial charge is 0.481 e. The molecule has 7 heteroatoms. The highest BCUT2D eigenvalue weighted by Crippen LogP contribution is 2.44. The standard InChI is InChI=1S/C27H32N2O5/c1-17(2)25(26(32)29(14-13-24(30)31)15-18-11-12-18)28-27(33)34-16-23-21-9-5-3-7-19(21)20-8-4-6-10-22(20)23/h3-10,17-18,23,25H,11-16H2,1-2H3,(H,28,33)(H,30,31)/t25-/m0/s1. The molecule has 0 unspecified atom stereocenters. The van der Waals surface area contributed by atoms with Crippen LogP contribution in [0.3, 0.4) is 0 Å². The highest BCUT2D eigenvalue weighted by molar-refractivity contribution is 5.86. The number of benzene rings is 2. The van der Waals surface area contributed by atoms with Crippen LogP contribution in [0.1, 0.15) is 50.2 Å². The number of carbonyl (C=O) groups excluding carboxylic acids is 2. The predicted octanol–water partition coefficient (Wildman–Crippen LogP) is 4.26. The van der Waals surface area contributed by atoms with E-state index in [1.165, 1.54) is 0 Å². The van der Waals surface area contributed by atoms with Gasteiger partial charge in [0.25, 0.3) is 0 Å². The number of aliphatic carboxylic acids is 1. The zero-order valence-electron chi connectivity index (χ0n) is 19.7. The van der Waals surface area contributed by atoms with Crippen LogP contribution >= 0.6 is 0 Å². The van der Waals surface area contributed by atoms with Crippen molar-refractivity contribution in [2.24, 2.45) is 11.8 Å². The maximum absolute atomic E-state index is 13.2. The number of alkyl carbamates (subject to hydrolysis) is 1. The van der Waals surface area contributed by atoms with E-state index in [0.29, 0.717) is 12.5 Å². The molecule has 0 radical (unpaired) electrons. The van der Waals surface area contributed by atoms with Crippen LogP contribution in [-0.4, -0.2) is 53.7 Å². The summed E-state index contributed by atoms with van der Waals surface area (Å²) < 4.78 is 5.63. The number of carbonyl (C=O) groups is 3. The van der Waals surface area contributed by atoms with Crippen molar-refractivity contribution in [3.8, 4) is 11.1 Å². The number of carboxylic acids is 1. The lowest BCUT2D eigenvalue weighted by Gasteiger charge is -2.29. The Hall–Kier alpha value is -3.35. The molecule has 1 saturated carbocycles. The summed E-state index contributed by atoms with van der Waals surface area (Å²) in [7, 11) is 0. The predicted molar refractivity (Wildman–Crippen MR) is 128 cm³/mol. The Labute approximate surface area is 200 Å². The second-order valence-corrected chi connectivity index (χ2v) is 9.56. The third-order valence-corrected chi connectivity index (χ3v) is 6.63. The van der Waals surface area contributed by atoms with E-state index in [2.05, 4.69) is 29.6 Å². The van der Waals surface area contributed by atoms with Gasteiger partial charge < -0.3 is 20.1 Å². The fourth-order valence-electron chi connectivity index (χ4n) is 4.61. The third-order valence-electron chi connectivity index (χ3n) is 6.63. The van der Waals surface area contributed by atoms with Gasteiger partial charge in [-0.3, -0.25) is 9.59 Å². The molecule has 2 aromatic carbocycles. The number of ether oxygens (including phenoxy) is 1. The molecule has 0 spiro atoms. The molecular weight excluding hydrogens is 432 g/mol. The molecule has 2 aliphatic rings. The molecule has 1 fully saturated rings. The van der Waals surface area contributed by atoms with Crippen LogP contribution < -0.4 is 5.32 Å². The summed E-state index contributed by atoms with van der Waals surface area (Å²) >= 11 is 0. The minimum absolute atomic E-state index is 0.0618. The summed E-state index contributed by atoms with van der Waals surface area (Å²) in [4.78, 5) is 38.7. The molecular formula is C27H32N2O5. The number of fused-ring (bicyclic) bond motifs is 3. The van der Waals surface area contributed by atoms with Gasteiger partial charge >= 0.3 is 12.1 Å². The van der Waals surface area contributed by atoms with Crippen molar-refractivity contribution in [2.75, 3.05) is 19.7 Å². The zero-order chi connectivity index (χ0) is 24.2. The van der Waals surface area contributed by atoms with Gasteiger partial charge in [-0.05, 0) is 46.9 Å². The minimum atomic E-state index is -0.945. The number of nitrogens with one attached hydrogen (secondary N) is 1. The minimum Gasteiger partial charge on any atom is -0.481 e. The van der Waals surface area contributed by atoms with Crippen molar-refractivity contribution in [1.82, 2.24) is 10.2 Å². The highest BCUT2D eigenvalue weighted by atomic mass is 16.5. The van der Waals surface area contributed by atoms with E-state index in [9.17, 15) is 14.4 Å². The highest BCUT2D eigenvalue weighted by Gasteiger charge is 2.34. The SMILES string of the molecule is CC(C)[C@H](NC(=O)OCC1c2ccccc2-c2ccccc21)C(=O)N(CCC(=O)O)CC1CC1. The lowest BCUT2D eigenvalue weighted by Crippen LogP contribution is -2.52. The number of amides is 2. The van der Waals surface area contributed by atoms with Gasteiger partial charge in [0.15, 0.2) is 0 Å². The average molecular weight is 465 g/mol. The quantitative estimate of drug-likeness (QED) is 0.548. The van der Waals surface area contributed by atoms with E-state index in [4.69, 9.17) is 9.84 Å². The number of rotatable bonds is 10. The molecule has 0 aliphatic heterocycles. The number of hydrogen-bond acceptors (Lipinski definition) is 4. The van der Waals surface area contributed by atoms with Crippen molar-refractivity contribution in [3.63, 3.8) is 0 Å². The summed E-state index contributed by atoms with van der Waals surface area (Å²) in [6, 6.07) is 15.5. The first-order valence-corrected chi connectivity index (χ1v) is 12.0. The topological polar surface area (TPSA) is 95.9 Å². The van der Waals surface area contributed by atoms with E-state index in [0.717, 1.165) is 35.1 Å². The van der Waals surface area contributed by atoms with Crippen molar-refractivity contribution in [1.29, 1.82) is 0 Å². The summed E-state index contributed by atoms with van der Waals surface area (Å²) in [6.45, 7) is 4.56. The molecule has 4 rings (SSSR count). The second kappa shape index (κ2) is 10.3. The molecule has 2 N–H and O–H groups in total. The Morgan fingerprint density at radius 2 is 1.62 bits per heavy atom. The van der Waals surface area contributed by atoms with Gasteiger partial charge in [0.2, 0.25) is 5.91 Å². The Morgan fingerprint density at radius 3 is 2.15 bits per heavy atom. The van der Waals surface area contributed by atoms with E-state index < -0.39 is 18.1 Å². The maximum atomic E-state index is 13.2. The summed E-state index contributed by atoms with van der Waals surface area (Å²) in [5, 5.41) is 11.8. The van der Waals surface area contributed by atoms with E-state index >= 15 is 0 Å². The van der Waals surface area contributed by atoms with Crippen LogP contribution in [0.4, 0.5) is 4.79 Å². The number of carboxylic acid groups (broad SMARTS) is 1. The second-order valence-electron chi connectivity index (χ2n) is 9.56. The average Bonchev–Trinajstić information content (AvgIpc) is 3.59. The summed E-state index contributed by atoms with van der Waals surface area (Å²) in [6.07, 6.45) is 1.33. The van der Waals surface area contributed by atoms with Crippen LogP contribution in [0, 0.1) is 11.8 Å². The first-order chi connectivity index (χ1) is 16.3. The van der Waals surface area contributed by atoms with Crippen molar-refractivity contribution in [2.45, 2.75) is 45.1 Å². The summed E-state index contributed by atoms with van der Waals surface area (Å²) in [5.41, 5.74) is 4.54. The fourth-order valence-corrected chi connectivity index (χ4v) is 4.61. The molecule has 180 valence electrons. The van der Waals surface area contributed by atoms with Crippen LogP contribution in [0.2, 0.25) is 0 Å². The Morgan fingerprint density at radius 1 is 1.03 bits per heavy atom. The summed E-state index contributed by atoms with van der Waals surface area (Å²) in [5.74, 6) is -1.01. The Balaban J connectivity index is 1.41. The van der Waals surface area contributed by atoms with Gasteiger partial charge in [-0.25, -0.2) is 4.79 Å². The third kappa shape index (κ3) is 5.41. The normalized spacial score (nSPS) is 15.4. The van der Waals surface area contributed by atoms with E-state index in [1.807, 2.05) is 38.1 Å². The van der Waals surface area contributed by atoms with E-state index in [1.54, 1.807) is 4.90 Å². The van der Waals surface area contributed by atoms with Gasteiger partial charge in [0.05, 0.1) is 6.42 Å². The first kappa shape index (κ1) is 23.8. The molecule has 0 aromatic heterocycles. The van der Waals surface area contributed by atoms with Gasteiger partial charge in [0.1, 0.15) is 12.6 Å². The van der Waals surface area contributed by atoms with E-state index in [-0.39, 0.29) is 37.3 Å². The molecule has 7 nitrogen and oxygen atoms in total. The molecule has 34 heavy (non-hydrogen) atoms. The first-order valence-electron chi connectivity index (χ1n) is 12.0. The maximum Gasteiger partial charge on any atom is 0.407 e. The van der Waals surface area contributed by atoms with Crippen molar-refractivity contribution < 1.29 is 24.2 Å². The van der Waals surface area contributed by atoms with Crippen molar-refractivity contribution in [3.05, 3.63) is 59.7 Å². The van der Waals surface area contributed by atoms with Crippen LogP contribution in [0.25, 0.3) is 11.1 Å². The van der Waals surface area contributed by atoms with Crippen LogP contribution in [0.5, 0.6) is 0 Å². The lowest BCUT2D eigenvalue weighted by atomic mass is 9.98.